The molecule has 286 valence electrons. The van der Waals surface area contributed by atoms with Crippen LogP contribution in [0.4, 0.5) is 0 Å². The van der Waals surface area contributed by atoms with Gasteiger partial charge < -0.3 is 36.2 Å². The summed E-state index contributed by atoms with van der Waals surface area (Å²) in [4.78, 5) is 70.2. The Hall–Kier alpha value is -4.98. The van der Waals surface area contributed by atoms with Crippen molar-refractivity contribution in [3.63, 3.8) is 0 Å². The van der Waals surface area contributed by atoms with E-state index in [9.17, 15) is 19.2 Å². The van der Waals surface area contributed by atoms with E-state index in [1.165, 1.54) is 26.0 Å². The van der Waals surface area contributed by atoms with E-state index in [4.69, 9.17) is 21.2 Å². The van der Waals surface area contributed by atoms with Crippen LogP contribution in [0, 0.1) is 19.8 Å². The normalized spacial score (nSPS) is 18.6. The highest BCUT2D eigenvalue weighted by Crippen LogP contribution is 2.30. The maximum absolute atomic E-state index is 14.6. The zero-order valence-electron chi connectivity index (χ0n) is 31.7. The molecule has 0 saturated carbocycles. The van der Waals surface area contributed by atoms with Gasteiger partial charge in [-0.15, -0.1) is 11.3 Å². The Bertz CT molecular complexity index is 1720. The van der Waals surface area contributed by atoms with Gasteiger partial charge in [0.15, 0.2) is 5.96 Å². The predicted octanol–water partition coefficient (Wildman–Crippen LogP) is 4.36. The molecule has 1 aliphatic heterocycles. The van der Waals surface area contributed by atoms with Gasteiger partial charge in [0.05, 0.1) is 25.2 Å². The van der Waals surface area contributed by atoms with E-state index < -0.39 is 35.8 Å². The molecule has 2 aromatic carbocycles. The second kappa shape index (κ2) is 19.2. The minimum absolute atomic E-state index is 0.0229. The predicted molar refractivity (Wildman–Crippen MR) is 207 cm³/mol. The van der Waals surface area contributed by atoms with E-state index in [2.05, 4.69) is 10.3 Å². The number of fused-ring (bicyclic) bond motifs is 2. The Labute approximate surface area is 316 Å². The second-order valence-electron chi connectivity index (χ2n) is 13.7. The first-order chi connectivity index (χ1) is 25.3. The molecular formula is C39H54N8O5S. The van der Waals surface area contributed by atoms with Crippen LogP contribution >= 0.6 is 11.3 Å². The van der Waals surface area contributed by atoms with Crippen molar-refractivity contribution in [3.8, 4) is 5.75 Å². The maximum atomic E-state index is 14.6. The van der Waals surface area contributed by atoms with Crippen LogP contribution in [0.1, 0.15) is 90.7 Å². The van der Waals surface area contributed by atoms with Gasteiger partial charge in [-0.3, -0.25) is 24.2 Å². The van der Waals surface area contributed by atoms with E-state index in [0.717, 1.165) is 28.9 Å². The van der Waals surface area contributed by atoms with Gasteiger partial charge in [0.2, 0.25) is 17.7 Å². The Balaban J connectivity index is 1.75. The number of rotatable bonds is 13. The van der Waals surface area contributed by atoms with Crippen molar-refractivity contribution in [2.45, 2.75) is 78.4 Å². The fourth-order valence-corrected chi connectivity index (χ4v) is 7.36. The van der Waals surface area contributed by atoms with Gasteiger partial charge in [-0.05, 0) is 62.6 Å². The number of carbonyl (C=O) groups excluding carboxylic acids is 4. The van der Waals surface area contributed by atoms with Gasteiger partial charge in [0.25, 0.3) is 5.91 Å². The van der Waals surface area contributed by atoms with Crippen molar-refractivity contribution in [2.75, 3.05) is 39.8 Å². The second-order valence-corrected chi connectivity index (χ2v) is 14.6. The number of ether oxygens (including phenoxy) is 1. The number of aromatic nitrogens is 1. The number of benzene rings is 2. The van der Waals surface area contributed by atoms with Crippen LogP contribution in [0.5, 0.6) is 5.75 Å². The molecule has 3 aromatic rings. The molecular weight excluding hydrogens is 693 g/mol. The summed E-state index contributed by atoms with van der Waals surface area (Å²) >= 11 is 1.29. The number of aryl methyl sites for hydroxylation is 2. The Morgan fingerprint density at radius 1 is 1.02 bits per heavy atom. The fraction of sp³-hybridized carbons (Fsp3) is 0.487. The quantitative estimate of drug-likeness (QED) is 0.131. The monoisotopic (exact) mass is 746 g/mol. The van der Waals surface area contributed by atoms with Crippen molar-refractivity contribution in [3.05, 3.63) is 81.3 Å². The summed E-state index contributed by atoms with van der Waals surface area (Å²) in [7, 11) is 1.57. The van der Waals surface area contributed by atoms with E-state index in [0.29, 0.717) is 24.4 Å². The van der Waals surface area contributed by atoms with Crippen LogP contribution in [-0.2, 0) is 14.4 Å². The van der Waals surface area contributed by atoms with Gasteiger partial charge in [0, 0.05) is 19.0 Å². The largest absolute Gasteiger partial charge is 0.491 e. The highest BCUT2D eigenvalue weighted by atomic mass is 32.1. The molecule has 1 aromatic heterocycles. The molecule has 2 bridgehead atoms. The number of hydrogen-bond acceptors (Lipinski definition) is 8. The SMILES string of the molecule is CC[C@H](C)[C@@H]1NC(=O)CN(CCOc2c(C)cccc2C)C(=O)[C@H](CCCCN=C(N)N)N(C)C(=O)CN([C@@H](C)c2ccccc2)C(=O)c2csc1n2. The van der Waals surface area contributed by atoms with E-state index in [1.54, 1.807) is 12.4 Å². The number of aliphatic imine (C=N–C) groups is 1. The molecule has 13 nitrogen and oxygen atoms in total. The average molecular weight is 747 g/mol. The maximum Gasteiger partial charge on any atom is 0.274 e. The summed E-state index contributed by atoms with van der Waals surface area (Å²) in [5, 5.41) is 5.38. The molecule has 53 heavy (non-hydrogen) atoms. The number of hydrogen-bond donors (Lipinski definition) is 3. The molecule has 0 aliphatic carbocycles. The van der Waals surface area contributed by atoms with Gasteiger partial charge in [-0.1, -0.05) is 68.8 Å². The third kappa shape index (κ3) is 10.8. The molecule has 4 atom stereocenters. The first-order valence-electron chi connectivity index (χ1n) is 18.2. The smallest absolute Gasteiger partial charge is 0.274 e. The number of para-hydroxylation sites is 1. The molecule has 0 spiro atoms. The summed E-state index contributed by atoms with van der Waals surface area (Å²) in [5.41, 5.74) is 14.0. The number of likely N-dealkylation sites (N-methyl/N-ethyl adjacent to an activating group) is 1. The van der Waals surface area contributed by atoms with Gasteiger partial charge in [0.1, 0.15) is 35.6 Å². The van der Waals surface area contributed by atoms with E-state index in [1.807, 2.05) is 83.1 Å². The number of nitrogens with one attached hydrogen (secondary N) is 1. The topological polar surface area (TPSA) is 177 Å². The molecule has 5 N–H and O–H groups in total. The molecule has 0 fully saturated rings. The Morgan fingerprint density at radius 2 is 1.72 bits per heavy atom. The lowest BCUT2D eigenvalue weighted by molar-refractivity contribution is -0.147. The van der Waals surface area contributed by atoms with Crippen molar-refractivity contribution in [1.29, 1.82) is 0 Å². The number of carbonyl (C=O) groups is 4. The molecule has 0 unspecified atom stereocenters. The molecule has 4 rings (SSSR count). The third-order valence-electron chi connectivity index (χ3n) is 9.84. The van der Waals surface area contributed by atoms with Crippen molar-refractivity contribution >= 4 is 40.9 Å². The van der Waals surface area contributed by atoms with Crippen LogP contribution in [-0.4, -0.2) is 95.1 Å². The zero-order chi connectivity index (χ0) is 38.7. The summed E-state index contributed by atoms with van der Waals surface area (Å²) in [6, 6.07) is 13.4. The number of nitrogens with zero attached hydrogens (tertiary/aromatic N) is 5. The van der Waals surface area contributed by atoms with Gasteiger partial charge in [-0.25, -0.2) is 4.98 Å². The summed E-state index contributed by atoms with van der Waals surface area (Å²) in [6.45, 7) is 9.84. The minimum atomic E-state index is -0.945. The van der Waals surface area contributed by atoms with Crippen LogP contribution in [0.3, 0.4) is 0 Å². The number of guanidine groups is 1. The molecule has 0 saturated heterocycles. The van der Waals surface area contributed by atoms with Crippen molar-refractivity contribution < 1.29 is 23.9 Å². The lowest BCUT2D eigenvalue weighted by Crippen LogP contribution is -2.54. The van der Waals surface area contributed by atoms with Crippen LogP contribution in [0.25, 0.3) is 0 Å². The number of thiazole rings is 1. The fourth-order valence-electron chi connectivity index (χ4n) is 6.38. The Kier molecular flexibility index (Phi) is 14.8. The third-order valence-corrected chi connectivity index (χ3v) is 10.8. The zero-order valence-corrected chi connectivity index (χ0v) is 32.5. The van der Waals surface area contributed by atoms with Crippen LogP contribution in [0.2, 0.25) is 0 Å². The van der Waals surface area contributed by atoms with E-state index in [-0.39, 0.29) is 56.1 Å². The molecule has 4 amide bonds. The lowest BCUT2D eigenvalue weighted by atomic mass is 9.99. The summed E-state index contributed by atoms with van der Waals surface area (Å²) < 4.78 is 6.19. The van der Waals surface area contributed by atoms with E-state index >= 15 is 0 Å². The number of amides is 4. The van der Waals surface area contributed by atoms with Crippen LogP contribution in [0.15, 0.2) is 58.9 Å². The molecule has 2 heterocycles. The summed E-state index contributed by atoms with van der Waals surface area (Å²) in [5.74, 6) is -0.951. The minimum Gasteiger partial charge on any atom is -0.491 e. The van der Waals surface area contributed by atoms with Crippen molar-refractivity contribution in [2.24, 2.45) is 22.4 Å². The lowest BCUT2D eigenvalue weighted by Gasteiger charge is -2.35. The van der Waals surface area contributed by atoms with Gasteiger partial charge >= 0.3 is 0 Å². The number of unbranched alkanes of at least 4 members (excludes halogenated alkanes) is 1. The first kappa shape index (κ1) is 40.8. The Morgan fingerprint density at radius 3 is 2.38 bits per heavy atom. The van der Waals surface area contributed by atoms with Crippen LogP contribution < -0.4 is 21.5 Å². The van der Waals surface area contributed by atoms with Gasteiger partial charge in [-0.2, -0.15) is 0 Å². The first-order valence-corrected chi connectivity index (χ1v) is 19.1. The molecule has 1 aliphatic rings. The standard InChI is InChI=1S/C39H54N8O5S/c1-7-25(2)34-36-43-30(24-53-36)37(50)47(28(5)29-16-9-8-10-17-29)23-33(49)45(6)31(18-11-12-19-42-39(40)41)38(51)46(22-32(48)44-34)20-21-52-35-26(3)14-13-15-27(35)4/h8-10,13-17,24-25,28,31,34H,7,11-12,18-23H2,1-6H3,(H,44,48)(H4,40,41,42)/t25-,28-,31-,34-/m0/s1. The average Bonchev–Trinajstić information content (AvgIpc) is 3.63. The summed E-state index contributed by atoms with van der Waals surface area (Å²) in [6.07, 6.45) is 2.10. The van der Waals surface area contributed by atoms with Crippen molar-refractivity contribution in [1.82, 2.24) is 25.0 Å². The highest BCUT2D eigenvalue weighted by molar-refractivity contribution is 7.09. The highest BCUT2D eigenvalue weighted by Gasteiger charge is 2.36. The molecule has 14 heteroatoms. The molecule has 0 radical (unpaired) electrons. The number of nitrogens with two attached hydrogens (primary N) is 2.